The van der Waals surface area contributed by atoms with E-state index < -0.39 is 0 Å². The SMILES string of the molecule is CC(C)(c1ccccc1)c1ccc2c(c1)Nc1cc(C(C)(C)c3ccccc3)ccc1S2. The number of hydrogen-bond donors (Lipinski definition) is 1. The predicted molar refractivity (Wildman–Crippen MR) is 137 cm³/mol. The zero-order valence-corrected chi connectivity index (χ0v) is 20.0. The number of anilines is 2. The third kappa shape index (κ3) is 3.63. The van der Waals surface area contributed by atoms with E-state index in [0.29, 0.717) is 0 Å². The summed E-state index contributed by atoms with van der Waals surface area (Å²) in [6.07, 6.45) is 0. The molecule has 0 amide bonds. The molecule has 0 atom stereocenters. The lowest BCUT2D eigenvalue weighted by atomic mass is 9.78. The van der Waals surface area contributed by atoms with E-state index in [1.54, 1.807) is 0 Å². The van der Waals surface area contributed by atoms with E-state index in [2.05, 4.69) is 130 Å². The van der Waals surface area contributed by atoms with Gasteiger partial charge < -0.3 is 5.32 Å². The first-order valence-electron chi connectivity index (χ1n) is 11.2. The minimum absolute atomic E-state index is 0.0555. The topological polar surface area (TPSA) is 12.0 Å². The van der Waals surface area contributed by atoms with Crippen molar-refractivity contribution < 1.29 is 0 Å². The van der Waals surface area contributed by atoms with Gasteiger partial charge in [0.25, 0.3) is 0 Å². The highest BCUT2D eigenvalue weighted by Crippen LogP contribution is 2.47. The Morgan fingerprint density at radius 2 is 0.906 bits per heavy atom. The molecule has 0 unspecified atom stereocenters. The van der Waals surface area contributed by atoms with Gasteiger partial charge in [-0.25, -0.2) is 0 Å². The summed E-state index contributed by atoms with van der Waals surface area (Å²) in [5, 5.41) is 3.75. The second kappa shape index (κ2) is 7.86. The van der Waals surface area contributed by atoms with Gasteiger partial charge in [-0.2, -0.15) is 0 Å². The van der Waals surface area contributed by atoms with Crippen molar-refractivity contribution in [3.63, 3.8) is 0 Å². The number of fused-ring (bicyclic) bond motifs is 2. The van der Waals surface area contributed by atoms with Crippen molar-refractivity contribution in [1.82, 2.24) is 0 Å². The maximum atomic E-state index is 3.75. The Labute approximate surface area is 195 Å². The van der Waals surface area contributed by atoms with E-state index in [0.717, 1.165) is 0 Å². The molecule has 0 spiro atoms. The Kier molecular flexibility index (Phi) is 5.14. The van der Waals surface area contributed by atoms with Crippen LogP contribution in [0.2, 0.25) is 0 Å². The van der Waals surface area contributed by atoms with Crippen LogP contribution in [-0.4, -0.2) is 0 Å². The van der Waals surface area contributed by atoms with Crippen LogP contribution in [0.4, 0.5) is 11.4 Å². The van der Waals surface area contributed by atoms with Crippen LogP contribution in [0.25, 0.3) is 0 Å². The molecule has 1 aliphatic rings. The molecule has 0 radical (unpaired) electrons. The zero-order valence-electron chi connectivity index (χ0n) is 19.1. The van der Waals surface area contributed by atoms with E-state index in [1.807, 2.05) is 11.8 Å². The molecule has 1 heterocycles. The smallest absolute Gasteiger partial charge is 0.0529 e. The third-order valence-corrected chi connectivity index (χ3v) is 8.03. The average Bonchev–Trinajstić information content (AvgIpc) is 2.83. The molecule has 2 heteroatoms. The summed E-state index contributed by atoms with van der Waals surface area (Å²) in [4.78, 5) is 2.56. The van der Waals surface area contributed by atoms with Crippen LogP contribution in [0.5, 0.6) is 0 Å². The number of benzene rings is 4. The normalized spacial score (nSPS) is 13.1. The van der Waals surface area contributed by atoms with Gasteiger partial charge in [0.1, 0.15) is 0 Å². The summed E-state index contributed by atoms with van der Waals surface area (Å²) < 4.78 is 0. The molecule has 160 valence electrons. The van der Waals surface area contributed by atoms with Gasteiger partial charge in [-0.15, -0.1) is 0 Å². The molecule has 0 saturated heterocycles. The fraction of sp³-hybridized carbons (Fsp3) is 0.200. The fourth-order valence-corrected chi connectivity index (χ4v) is 5.47. The lowest BCUT2D eigenvalue weighted by molar-refractivity contribution is 0.640. The number of nitrogens with one attached hydrogen (secondary N) is 1. The number of hydrogen-bond acceptors (Lipinski definition) is 2. The summed E-state index contributed by atoms with van der Waals surface area (Å²) in [5.74, 6) is 0. The van der Waals surface area contributed by atoms with E-state index in [9.17, 15) is 0 Å². The fourth-order valence-electron chi connectivity index (χ4n) is 4.52. The van der Waals surface area contributed by atoms with Gasteiger partial charge in [0.05, 0.1) is 11.4 Å². The zero-order chi connectivity index (χ0) is 22.3. The first-order valence-corrected chi connectivity index (χ1v) is 12.0. The van der Waals surface area contributed by atoms with Crippen molar-refractivity contribution in [2.45, 2.75) is 48.3 Å². The molecule has 1 aliphatic heterocycles. The van der Waals surface area contributed by atoms with Crippen LogP contribution >= 0.6 is 11.8 Å². The molecular formula is C30H29NS. The Morgan fingerprint density at radius 1 is 0.500 bits per heavy atom. The maximum Gasteiger partial charge on any atom is 0.0529 e. The van der Waals surface area contributed by atoms with Crippen molar-refractivity contribution in [2.24, 2.45) is 0 Å². The van der Waals surface area contributed by atoms with Gasteiger partial charge in [-0.1, -0.05) is 112 Å². The molecule has 32 heavy (non-hydrogen) atoms. The van der Waals surface area contributed by atoms with Crippen LogP contribution in [0, 0.1) is 0 Å². The molecule has 1 nitrogen and oxygen atoms in total. The Bertz CT molecular complexity index is 1160. The van der Waals surface area contributed by atoms with Gasteiger partial charge in [0.2, 0.25) is 0 Å². The summed E-state index contributed by atoms with van der Waals surface area (Å²) in [6.45, 7) is 9.20. The maximum absolute atomic E-state index is 3.75. The second-order valence-electron chi connectivity index (χ2n) is 9.63. The van der Waals surface area contributed by atoms with Crippen LogP contribution in [0.3, 0.4) is 0 Å². The van der Waals surface area contributed by atoms with Gasteiger partial charge in [0, 0.05) is 20.6 Å². The van der Waals surface area contributed by atoms with Crippen LogP contribution < -0.4 is 5.32 Å². The largest absolute Gasteiger partial charge is 0.354 e. The summed E-state index contributed by atoms with van der Waals surface area (Å²) in [6, 6.07) is 35.2. The lowest BCUT2D eigenvalue weighted by Gasteiger charge is -2.30. The van der Waals surface area contributed by atoms with E-state index in [1.165, 1.54) is 43.4 Å². The standard InChI is InChI=1S/C30H29NS/c1-29(2,21-11-7-5-8-12-21)23-15-17-27-25(19-23)31-26-20-24(16-18-28(26)32-27)30(3,4)22-13-9-6-10-14-22/h5-20,31H,1-4H3. The van der Waals surface area contributed by atoms with Crippen LogP contribution in [0.15, 0.2) is 107 Å². The monoisotopic (exact) mass is 435 g/mol. The van der Waals surface area contributed by atoms with E-state index in [-0.39, 0.29) is 10.8 Å². The highest BCUT2D eigenvalue weighted by molar-refractivity contribution is 7.99. The van der Waals surface area contributed by atoms with Crippen molar-refractivity contribution in [2.75, 3.05) is 5.32 Å². The molecule has 0 aliphatic carbocycles. The van der Waals surface area contributed by atoms with E-state index in [4.69, 9.17) is 0 Å². The quantitative estimate of drug-likeness (QED) is 0.303. The predicted octanol–water partition coefficient (Wildman–Crippen LogP) is 8.55. The molecule has 0 aromatic heterocycles. The molecule has 5 rings (SSSR count). The van der Waals surface area contributed by atoms with Gasteiger partial charge in [0.15, 0.2) is 0 Å². The minimum Gasteiger partial charge on any atom is -0.354 e. The van der Waals surface area contributed by atoms with Crippen LogP contribution in [0.1, 0.15) is 49.9 Å². The number of rotatable bonds is 4. The molecule has 4 aromatic carbocycles. The summed E-state index contributed by atoms with van der Waals surface area (Å²) in [7, 11) is 0. The van der Waals surface area contributed by atoms with Crippen LogP contribution in [-0.2, 0) is 10.8 Å². The van der Waals surface area contributed by atoms with Gasteiger partial charge in [-0.3, -0.25) is 0 Å². The van der Waals surface area contributed by atoms with Crippen molar-refractivity contribution in [1.29, 1.82) is 0 Å². The Balaban J connectivity index is 1.49. The Hall–Kier alpha value is -2.97. The molecular weight excluding hydrogens is 406 g/mol. The molecule has 1 N–H and O–H groups in total. The Morgan fingerprint density at radius 3 is 1.31 bits per heavy atom. The van der Waals surface area contributed by atoms with E-state index >= 15 is 0 Å². The highest BCUT2D eigenvalue weighted by atomic mass is 32.2. The van der Waals surface area contributed by atoms with Crippen molar-refractivity contribution in [3.8, 4) is 0 Å². The second-order valence-corrected chi connectivity index (χ2v) is 10.7. The summed E-state index contributed by atoms with van der Waals surface area (Å²) in [5.41, 5.74) is 7.57. The van der Waals surface area contributed by atoms with Gasteiger partial charge in [-0.05, 0) is 46.5 Å². The minimum atomic E-state index is -0.0555. The average molecular weight is 436 g/mol. The molecule has 0 bridgehead atoms. The van der Waals surface area contributed by atoms with Gasteiger partial charge >= 0.3 is 0 Å². The van der Waals surface area contributed by atoms with Crippen molar-refractivity contribution >= 4 is 23.1 Å². The third-order valence-electron chi connectivity index (χ3n) is 6.88. The first kappa shape index (κ1) is 20.9. The summed E-state index contributed by atoms with van der Waals surface area (Å²) >= 11 is 1.85. The lowest BCUT2D eigenvalue weighted by Crippen LogP contribution is -2.20. The highest BCUT2D eigenvalue weighted by Gasteiger charge is 2.27. The molecule has 4 aromatic rings. The first-order chi connectivity index (χ1) is 15.4. The van der Waals surface area contributed by atoms with Crippen molar-refractivity contribution in [3.05, 3.63) is 119 Å². The molecule has 0 saturated carbocycles. The molecule has 0 fully saturated rings.